The van der Waals surface area contributed by atoms with Crippen molar-refractivity contribution in [1.29, 1.82) is 0 Å². The van der Waals surface area contributed by atoms with E-state index in [9.17, 15) is 26.4 Å². The summed E-state index contributed by atoms with van der Waals surface area (Å²) in [6, 6.07) is 5.42. The van der Waals surface area contributed by atoms with Crippen molar-refractivity contribution < 1.29 is 26.4 Å². The van der Waals surface area contributed by atoms with Crippen LogP contribution in [0.3, 0.4) is 0 Å². The molecule has 0 fully saturated rings. The van der Waals surface area contributed by atoms with Crippen molar-refractivity contribution in [3.8, 4) is 0 Å². The Morgan fingerprint density at radius 2 is 1.68 bits per heavy atom. The lowest BCUT2D eigenvalue weighted by molar-refractivity contribution is 0.102. The summed E-state index contributed by atoms with van der Waals surface area (Å²) in [5.74, 6) is -4.11. The maximum Gasteiger partial charge on any atom is 0.255 e. The molecular formula is C15H14F3N3O3S. The van der Waals surface area contributed by atoms with Gasteiger partial charge in [-0.3, -0.25) is 4.79 Å². The van der Waals surface area contributed by atoms with Crippen LogP contribution in [0.15, 0.2) is 41.3 Å². The van der Waals surface area contributed by atoms with E-state index in [2.05, 4.69) is 10.0 Å². The summed E-state index contributed by atoms with van der Waals surface area (Å²) in [6.45, 7) is -0.0930. The highest BCUT2D eigenvalue weighted by Gasteiger charge is 2.21. The van der Waals surface area contributed by atoms with E-state index in [1.165, 1.54) is 0 Å². The van der Waals surface area contributed by atoms with Crippen LogP contribution in [-0.2, 0) is 10.0 Å². The lowest BCUT2D eigenvalue weighted by Crippen LogP contribution is -2.30. The van der Waals surface area contributed by atoms with Crippen molar-refractivity contribution in [2.24, 2.45) is 5.73 Å². The Hall–Kier alpha value is -2.43. The zero-order valence-electron chi connectivity index (χ0n) is 12.7. The first kappa shape index (κ1) is 18.9. The minimum absolute atomic E-state index is 0.0111. The second-order valence-corrected chi connectivity index (χ2v) is 6.65. The summed E-state index contributed by atoms with van der Waals surface area (Å²) in [4.78, 5) is 11.4. The van der Waals surface area contributed by atoms with Crippen molar-refractivity contribution >= 4 is 21.6 Å². The van der Waals surface area contributed by atoms with Crippen molar-refractivity contribution in [2.45, 2.75) is 4.90 Å². The van der Waals surface area contributed by atoms with Crippen LogP contribution in [0.5, 0.6) is 0 Å². The Labute approximate surface area is 141 Å². The van der Waals surface area contributed by atoms with Crippen LogP contribution >= 0.6 is 0 Å². The highest BCUT2D eigenvalue weighted by molar-refractivity contribution is 7.89. The highest BCUT2D eigenvalue weighted by atomic mass is 32.2. The Balaban J connectivity index is 2.29. The quantitative estimate of drug-likeness (QED) is 0.716. The van der Waals surface area contributed by atoms with Gasteiger partial charge in [-0.2, -0.15) is 0 Å². The molecule has 0 saturated carbocycles. The molecule has 0 aliphatic carbocycles. The standard InChI is InChI=1S/C15H14F3N3O3S/c16-11-4-2-10(8-13(11)18)21-15(22)9-1-3-12(17)14(7-9)25(23,24)20-6-5-19/h1-4,7-8,20H,5-6,19H2,(H,21,22). The zero-order chi connectivity index (χ0) is 18.6. The molecule has 134 valence electrons. The van der Waals surface area contributed by atoms with Crippen molar-refractivity contribution in [3.05, 3.63) is 59.4 Å². The molecule has 0 aromatic heterocycles. The fourth-order valence-electron chi connectivity index (χ4n) is 1.90. The van der Waals surface area contributed by atoms with Gasteiger partial charge >= 0.3 is 0 Å². The van der Waals surface area contributed by atoms with Gasteiger partial charge in [0.1, 0.15) is 10.7 Å². The molecular weight excluding hydrogens is 359 g/mol. The van der Waals surface area contributed by atoms with Crippen LogP contribution < -0.4 is 15.8 Å². The molecule has 0 radical (unpaired) electrons. The Morgan fingerprint density at radius 1 is 1.00 bits per heavy atom. The number of hydrogen-bond acceptors (Lipinski definition) is 4. The van der Waals surface area contributed by atoms with Gasteiger partial charge in [-0.1, -0.05) is 0 Å². The maximum absolute atomic E-state index is 13.8. The number of rotatable bonds is 6. The average molecular weight is 373 g/mol. The number of nitrogens with two attached hydrogens (primary N) is 1. The lowest BCUT2D eigenvalue weighted by Gasteiger charge is -2.10. The SMILES string of the molecule is NCCNS(=O)(=O)c1cc(C(=O)Nc2ccc(F)c(F)c2)ccc1F. The average Bonchev–Trinajstić information content (AvgIpc) is 2.56. The molecule has 25 heavy (non-hydrogen) atoms. The van der Waals surface area contributed by atoms with Crippen LogP contribution in [0.4, 0.5) is 18.9 Å². The van der Waals surface area contributed by atoms with E-state index in [1.807, 2.05) is 0 Å². The van der Waals surface area contributed by atoms with E-state index in [0.29, 0.717) is 0 Å². The van der Waals surface area contributed by atoms with E-state index in [1.54, 1.807) is 0 Å². The van der Waals surface area contributed by atoms with Crippen LogP contribution in [0.1, 0.15) is 10.4 Å². The van der Waals surface area contributed by atoms with E-state index in [0.717, 1.165) is 36.4 Å². The Kier molecular flexibility index (Phi) is 5.77. The van der Waals surface area contributed by atoms with Crippen molar-refractivity contribution in [3.63, 3.8) is 0 Å². The molecule has 1 amide bonds. The third kappa shape index (κ3) is 4.56. The van der Waals surface area contributed by atoms with Gasteiger partial charge in [0.15, 0.2) is 11.6 Å². The minimum atomic E-state index is -4.19. The number of nitrogens with one attached hydrogen (secondary N) is 2. The first-order chi connectivity index (χ1) is 11.7. The summed E-state index contributed by atoms with van der Waals surface area (Å²) in [6.07, 6.45) is 0. The molecule has 0 unspecified atom stereocenters. The molecule has 2 aromatic carbocycles. The first-order valence-corrected chi connectivity index (χ1v) is 8.48. The molecule has 0 heterocycles. The fourth-order valence-corrected chi connectivity index (χ4v) is 3.05. The summed E-state index contributed by atoms with van der Waals surface area (Å²) in [7, 11) is -4.19. The zero-order valence-corrected chi connectivity index (χ0v) is 13.5. The number of amides is 1. The van der Waals surface area contributed by atoms with Crippen molar-refractivity contribution in [1.82, 2.24) is 4.72 Å². The molecule has 10 heteroatoms. The van der Waals surface area contributed by atoms with Gasteiger partial charge in [0.25, 0.3) is 5.91 Å². The van der Waals surface area contributed by atoms with E-state index in [4.69, 9.17) is 5.73 Å². The summed E-state index contributed by atoms with van der Waals surface area (Å²) in [5, 5.41) is 2.26. The third-order valence-electron chi connectivity index (χ3n) is 3.10. The van der Waals surface area contributed by atoms with E-state index < -0.39 is 38.3 Å². The van der Waals surface area contributed by atoms with Crippen LogP contribution in [0.25, 0.3) is 0 Å². The van der Waals surface area contributed by atoms with Crippen LogP contribution in [0.2, 0.25) is 0 Å². The van der Waals surface area contributed by atoms with Gasteiger partial charge in [0.05, 0.1) is 0 Å². The van der Waals surface area contributed by atoms with Crippen LogP contribution in [-0.4, -0.2) is 27.4 Å². The highest BCUT2D eigenvalue weighted by Crippen LogP contribution is 2.18. The van der Waals surface area contributed by atoms with Gasteiger partial charge in [0.2, 0.25) is 10.0 Å². The summed E-state index contributed by atoms with van der Waals surface area (Å²) in [5.41, 5.74) is 4.97. The number of hydrogen-bond donors (Lipinski definition) is 3. The molecule has 4 N–H and O–H groups in total. The second kappa shape index (κ2) is 7.64. The first-order valence-electron chi connectivity index (χ1n) is 7.00. The number of carbonyl (C=O) groups excluding carboxylic acids is 1. The normalized spacial score (nSPS) is 11.4. The second-order valence-electron chi connectivity index (χ2n) is 4.91. The number of sulfonamides is 1. The largest absolute Gasteiger partial charge is 0.329 e. The number of anilines is 1. The molecule has 0 spiro atoms. The molecule has 0 aliphatic rings. The van der Waals surface area contributed by atoms with E-state index in [-0.39, 0.29) is 24.3 Å². The Bertz CT molecular complexity index is 904. The molecule has 2 aromatic rings. The summed E-state index contributed by atoms with van der Waals surface area (Å²) < 4.78 is 65.9. The van der Waals surface area contributed by atoms with Gasteiger partial charge in [-0.05, 0) is 30.3 Å². The smallest absolute Gasteiger partial charge is 0.255 e. The molecule has 2 rings (SSSR count). The van der Waals surface area contributed by atoms with Gasteiger partial charge < -0.3 is 11.1 Å². The van der Waals surface area contributed by atoms with E-state index >= 15 is 0 Å². The molecule has 0 atom stereocenters. The van der Waals surface area contributed by atoms with Gasteiger partial charge in [-0.15, -0.1) is 0 Å². The predicted octanol–water partition coefficient (Wildman–Crippen LogP) is 1.59. The summed E-state index contributed by atoms with van der Waals surface area (Å²) >= 11 is 0. The number of halogens is 3. The van der Waals surface area contributed by atoms with Gasteiger partial charge in [-0.25, -0.2) is 26.3 Å². The van der Waals surface area contributed by atoms with Gasteiger partial charge in [0, 0.05) is 30.4 Å². The number of carbonyl (C=O) groups is 1. The van der Waals surface area contributed by atoms with Crippen molar-refractivity contribution in [2.75, 3.05) is 18.4 Å². The maximum atomic E-state index is 13.8. The van der Waals surface area contributed by atoms with Crippen LogP contribution in [0, 0.1) is 17.5 Å². The lowest BCUT2D eigenvalue weighted by atomic mass is 10.2. The molecule has 0 bridgehead atoms. The fraction of sp³-hybridized carbons (Fsp3) is 0.133. The molecule has 6 nitrogen and oxygen atoms in total. The third-order valence-corrected chi connectivity index (χ3v) is 4.57. The molecule has 0 saturated heterocycles. The minimum Gasteiger partial charge on any atom is -0.329 e. The monoisotopic (exact) mass is 373 g/mol. The predicted molar refractivity (Wildman–Crippen MR) is 85.0 cm³/mol. The Morgan fingerprint density at radius 3 is 2.32 bits per heavy atom. The number of benzene rings is 2. The topological polar surface area (TPSA) is 101 Å². The molecule has 0 aliphatic heterocycles.